The number of carbonyl (C=O) groups excluding carboxylic acids is 4. The first kappa shape index (κ1) is 29.0. The van der Waals surface area contributed by atoms with E-state index in [9.17, 15) is 19.2 Å². The molecule has 4 aliphatic heterocycles. The van der Waals surface area contributed by atoms with Crippen LogP contribution in [0.25, 0.3) is 0 Å². The number of benzene rings is 3. The molecule has 7 rings (SSSR count). The molecule has 2 atom stereocenters. The second-order valence-electron chi connectivity index (χ2n) is 11.4. The van der Waals surface area contributed by atoms with Crippen LogP contribution in [0, 0.1) is 0 Å². The van der Waals surface area contributed by atoms with Crippen molar-refractivity contribution < 1.29 is 28.7 Å². The Morgan fingerprint density at radius 1 is 0.565 bits per heavy atom. The van der Waals surface area contributed by atoms with Gasteiger partial charge in [-0.1, -0.05) is 24.3 Å². The SMILES string of the molecule is COc1ccc([C@@H]2NC(=O)N(C)C3=C2C(=O)N(c2ccc(N4CC5=C(C4=O)[C@@H](c4ccc(OC)cc4)NC(=O)N5C)cc2)C3)cc1. The van der Waals surface area contributed by atoms with Gasteiger partial charge < -0.3 is 29.9 Å². The van der Waals surface area contributed by atoms with Crippen molar-refractivity contribution in [2.24, 2.45) is 0 Å². The van der Waals surface area contributed by atoms with E-state index >= 15 is 0 Å². The van der Waals surface area contributed by atoms with E-state index in [1.54, 1.807) is 86.6 Å². The summed E-state index contributed by atoms with van der Waals surface area (Å²) in [4.78, 5) is 59.7. The molecule has 0 saturated heterocycles. The molecule has 0 aromatic heterocycles. The van der Waals surface area contributed by atoms with Gasteiger partial charge in [0.2, 0.25) is 0 Å². The minimum Gasteiger partial charge on any atom is -0.497 e. The van der Waals surface area contributed by atoms with Crippen molar-refractivity contribution in [1.82, 2.24) is 20.4 Å². The third-order valence-electron chi connectivity index (χ3n) is 9.09. The molecule has 6 amide bonds. The first-order chi connectivity index (χ1) is 22.2. The summed E-state index contributed by atoms with van der Waals surface area (Å²) in [5.74, 6) is 0.932. The molecule has 12 heteroatoms. The minimum absolute atomic E-state index is 0.210. The lowest BCUT2D eigenvalue weighted by molar-refractivity contribution is -0.115. The molecule has 0 aliphatic carbocycles. The Morgan fingerprint density at radius 3 is 1.24 bits per heavy atom. The number of rotatable bonds is 6. The lowest BCUT2D eigenvalue weighted by Gasteiger charge is -2.31. The second-order valence-corrected chi connectivity index (χ2v) is 11.4. The zero-order chi connectivity index (χ0) is 32.3. The van der Waals surface area contributed by atoms with E-state index in [-0.39, 0.29) is 37.0 Å². The van der Waals surface area contributed by atoms with Gasteiger partial charge in [0.1, 0.15) is 11.5 Å². The Hall–Kier alpha value is -5.78. The monoisotopic (exact) mass is 620 g/mol. The van der Waals surface area contributed by atoms with Crippen molar-refractivity contribution in [1.29, 1.82) is 0 Å². The number of nitrogens with zero attached hydrogens (tertiary/aromatic N) is 4. The number of amides is 6. The molecule has 0 saturated carbocycles. The van der Waals surface area contributed by atoms with Crippen molar-refractivity contribution in [2.75, 3.05) is 51.2 Å². The van der Waals surface area contributed by atoms with Gasteiger partial charge in [0.25, 0.3) is 11.8 Å². The topological polar surface area (TPSA) is 124 Å². The van der Waals surface area contributed by atoms with Crippen LogP contribution in [0.15, 0.2) is 95.3 Å². The van der Waals surface area contributed by atoms with Gasteiger partial charge in [-0.15, -0.1) is 0 Å². The van der Waals surface area contributed by atoms with Gasteiger partial charge in [0.15, 0.2) is 0 Å². The quantitative estimate of drug-likeness (QED) is 0.433. The lowest BCUT2D eigenvalue weighted by atomic mass is 9.95. The zero-order valence-electron chi connectivity index (χ0n) is 25.7. The largest absolute Gasteiger partial charge is 0.497 e. The first-order valence-corrected chi connectivity index (χ1v) is 14.8. The highest BCUT2D eigenvalue weighted by Gasteiger charge is 2.45. The minimum atomic E-state index is -0.604. The predicted molar refractivity (Wildman–Crippen MR) is 169 cm³/mol. The van der Waals surface area contributed by atoms with Gasteiger partial charge in [0.05, 0.1) is 61.9 Å². The molecule has 4 aliphatic rings. The first-order valence-electron chi connectivity index (χ1n) is 14.8. The molecular formula is C34H32N6O6. The van der Waals surface area contributed by atoms with Crippen LogP contribution in [-0.4, -0.2) is 75.1 Å². The summed E-state index contributed by atoms with van der Waals surface area (Å²) < 4.78 is 10.5. The maximum atomic E-state index is 13.9. The lowest BCUT2D eigenvalue weighted by Crippen LogP contribution is -2.45. The van der Waals surface area contributed by atoms with E-state index in [4.69, 9.17) is 9.47 Å². The van der Waals surface area contributed by atoms with Crippen molar-refractivity contribution in [2.45, 2.75) is 12.1 Å². The highest BCUT2D eigenvalue weighted by atomic mass is 16.5. The standard InChI is InChI=1S/C34H32N6O6/c1-37-25-17-39(31(41)27(25)29(35-33(37)43)19-5-13-23(45-3)14-6-19)21-9-11-22(12-10-21)40-18-26-28(32(40)42)30(36-34(44)38(26)2)20-7-15-24(46-4)16-8-20/h5-16,29-30H,17-18H2,1-4H3,(H,35,43)(H,36,44)/t29-,30+. The Balaban J connectivity index is 1.13. The smallest absolute Gasteiger partial charge is 0.322 e. The fraction of sp³-hybridized carbons (Fsp3) is 0.235. The molecule has 3 aromatic carbocycles. The Bertz CT molecular complexity index is 1700. The van der Waals surface area contributed by atoms with Crippen molar-refractivity contribution >= 4 is 35.3 Å². The summed E-state index contributed by atoms with van der Waals surface area (Å²) in [5.41, 5.74) is 5.09. The molecular weight excluding hydrogens is 588 g/mol. The second kappa shape index (κ2) is 11.0. The number of anilines is 2. The van der Waals surface area contributed by atoms with E-state index in [2.05, 4.69) is 10.6 Å². The maximum absolute atomic E-state index is 13.9. The van der Waals surface area contributed by atoms with E-state index in [0.717, 1.165) is 11.1 Å². The van der Waals surface area contributed by atoms with Crippen molar-refractivity contribution in [3.8, 4) is 11.5 Å². The van der Waals surface area contributed by atoms with Crippen molar-refractivity contribution in [3.05, 3.63) is 106 Å². The summed E-state index contributed by atoms with van der Waals surface area (Å²) >= 11 is 0. The summed E-state index contributed by atoms with van der Waals surface area (Å²) in [6.07, 6.45) is 0. The molecule has 4 heterocycles. The third kappa shape index (κ3) is 4.52. The Morgan fingerprint density at radius 2 is 0.913 bits per heavy atom. The number of nitrogens with one attached hydrogen (secondary N) is 2. The number of ether oxygens (including phenoxy) is 2. The maximum Gasteiger partial charge on any atom is 0.322 e. The summed E-state index contributed by atoms with van der Waals surface area (Å²) in [5, 5.41) is 5.90. The number of likely N-dealkylation sites (N-methyl/N-ethyl adjacent to an activating group) is 2. The van der Waals surface area contributed by atoms with Crippen molar-refractivity contribution in [3.63, 3.8) is 0 Å². The summed E-state index contributed by atoms with van der Waals surface area (Å²) in [7, 11) is 6.46. The van der Waals surface area contributed by atoms with E-state index < -0.39 is 12.1 Å². The van der Waals surface area contributed by atoms with E-state index in [1.807, 2.05) is 24.3 Å². The predicted octanol–water partition coefficient (Wildman–Crippen LogP) is 3.70. The highest BCUT2D eigenvalue weighted by Crippen LogP contribution is 2.40. The molecule has 0 fully saturated rings. The van der Waals surface area contributed by atoms with Gasteiger partial charge in [-0.05, 0) is 59.7 Å². The Labute approximate surface area is 265 Å². The van der Waals surface area contributed by atoms with Crippen LogP contribution in [0.1, 0.15) is 23.2 Å². The molecule has 3 aromatic rings. The van der Waals surface area contributed by atoms with Crippen LogP contribution in [0.3, 0.4) is 0 Å². The normalized spacial score (nSPS) is 21.0. The summed E-state index contributed by atoms with van der Waals surface area (Å²) in [6, 6.07) is 19.9. The number of urea groups is 2. The van der Waals surface area contributed by atoms with Crippen LogP contribution in [0.5, 0.6) is 11.5 Å². The highest BCUT2D eigenvalue weighted by molar-refractivity contribution is 6.13. The van der Waals surface area contributed by atoms with Crippen LogP contribution in [-0.2, 0) is 9.59 Å². The van der Waals surface area contributed by atoms with Gasteiger partial charge in [-0.2, -0.15) is 0 Å². The molecule has 234 valence electrons. The Kier molecular flexibility index (Phi) is 6.92. The molecule has 0 bridgehead atoms. The molecule has 46 heavy (non-hydrogen) atoms. The summed E-state index contributed by atoms with van der Waals surface area (Å²) in [6.45, 7) is 0.454. The number of hydrogen-bond acceptors (Lipinski definition) is 6. The van der Waals surface area contributed by atoms with Gasteiger partial charge in [-0.3, -0.25) is 19.4 Å². The molecule has 2 N–H and O–H groups in total. The zero-order valence-corrected chi connectivity index (χ0v) is 25.7. The van der Waals surface area contributed by atoms with Gasteiger partial charge in [-0.25, -0.2) is 9.59 Å². The molecule has 0 radical (unpaired) electrons. The number of carbonyl (C=O) groups is 4. The van der Waals surface area contributed by atoms with Crippen LogP contribution < -0.4 is 29.9 Å². The van der Waals surface area contributed by atoms with E-state index in [0.29, 0.717) is 45.4 Å². The number of methoxy groups -OCH3 is 2. The van der Waals surface area contributed by atoms with E-state index in [1.165, 1.54) is 9.80 Å². The fourth-order valence-electron chi connectivity index (χ4n) is 6.46. The van der Waals surface area contributed by atoms with Crippen LogP contribution >= 0.6 is 0 Å². The molecule has 0 spiro atoms. The third-order valence-corrected chi connectivity index (χ3v) is 9.09. The number of hydrogen-bond donors (Lipinski definition) is 2. The van der Waals surface area contributed by atoms with Crippen LogP contribution in [0.4, 0.5) is 21.0 Å². The fourth-order valence-corrected chi connectivity index (χ4v) is 6.46. The van der Waals surface area contributed by atoms with Gasteiger partial charge >= 0.3 is 12.1 Å². The average molecular weight is 621 g/mol. The molecule has 0 unspecified atom stereocenters. The average Bonchev–Trinajstić information content (AvgIpc) is 3.62. The molecule has 12 nitrogen and oxygen atoms in total. The van der Waals surface area contributed by atoms with Crippen LogP contribution in [0.2, 0.25) is 0 Å². The van der Waals surface area contributed by atoms with Gasteiger partial charge in [0, 0.05) is 25.5 Å².